The van der Waals surface area contributed by atoms with Gasteiger partial charge in [-0.3, -0.25) is 4.57 Å². The molecule has 2 aromatic heterocycles. The molecule has 0 bridgehead atoms. The highest BCUT2D eigenvalue weighted by Crippen LogP contribution is 2.34. The largest absolute Gasteiger partial charge is 0.309 e. The standard InChI is InChI=1S/C43H29N3/c1-2-10-35(11-3-1)46-42-17-9-6-14-39(42)44-43(46)34-24-22-32(23-25-34)30-18-20-31(21-19-30)33-26-28-36(29-27-33)45-40-15-7-4-12-37(40)38-13-5-8-16-41(38)45/h1-29H. The summed E-state index contributed by atoms with van der Waals surface area (Å²) in [6.45, 7) is 0. The van der Waals surface area contributed by atoms with Gasteiger partial charge in [0, 0.05) is 27.7 Å². The van der Waals surface area contributed by atoms with Gasteiger partial charge >= 0.3 is 0 Å². The summed E-state index contributed by atoms with van der Waals surface area (Å²) in [7, 11) is 0. The van der Waals surface area contributed by atoms with Crippen LogP contribution in [0.2, 0.25) is 0 Å². The van der Waals surface area contributed by atoms with Crippen LogP contribution in [0.3, 0.4) is 0 Å². The Balaban J connectivity index is 1.01. The second-order valence-electron chi connectivity index (χ2n) is 11.7. The minimum Gasteiger partial charge on any atom is -0.309 e. The minimum atomic E-state index is 0.943. The first kappa shape index (κ1) is 26.2. The Morgan fingerprint density at radius 3 is 1.28 bits per heavy atom. The summed E-state index contributed by atoms with van der Waals surface area (Å²) in [5.74, 6) is 0.943. The van der Waals surface area contributed by atoms with Crippen LogP contribution >= 0.6 is 0 Å². The fourth-order valence-electron chi connectivity index (χ4n) is 6.73. The first-order chi connectivity index (χ1) is 22.8. The summed E-state index contributed by atoms with van der Waals surface area (Å²) in [6.07, 6.45) is 0. The van der Waals surface area contributed by atoms with Gasteiger partial charge in [0.15, 0.2) is 0 Å². The van der Waals surface area contributed by atoms with E-state index in [0.29, 0.717) is 0 Å². The van der Waals surface area contributed by atoms with Crippen LogP contribution in [-0.4, -0.2) is 14.1 Å². The quantitative estimate of drug-likeness (QED) is 0.196. The molecule has 0 aliphatic rings. The van der Waals surface area contributed by atoms with E-state index in [-0.39, 0.29) is 0 Å². The summed E-state index contributed by atoms with van der Waals surface area (Å²) in [5.41, 5.74) is 12.7. The van der Waals surface area contributed by atoms with E-state index < -0.39 is 0 Å². The summed E-state index contributed by atoms with van der Waals surface area (Å²) in [5, 5.41) is 2.56. The molecule has 0 saturated heterocycles. The molecule has 9 aromatic rings. The Kier molecular flexibility index (Phi) is 6.14. The highest BCUT2D eigenvalue weighted by atomic mass is 15.1. The zero-order valence-electron chi connectivity index (χ0n) is 25.1. The van der Waals surface area contributed by atoms with Crippen LogP contribution in [0.25, 0.3) is 77.9 Å². The molecule has 3 nitrogen and oxygen atoms in total. The van der Waals surface area contributed by atoms with Crippen LogP contribution in [0.4, 0.5) is 0 Å². The lowest BCUT2D eigenvalue weighted by atomic mass is 9.99. The van der Waals surface area contributed by atoms with E-state index in [1.165, 1.54) is 49.7 Å². The molecule has 0 fully saturated rings. The van der Waals surface area contributed by atoms with Crippen molar-refractivity contribution in [1.82, 2.24) is 14.1 Å². The maximum atomic E-state index is 5.02. The van der Waals surface area contributed by atoms with Crippen LogP contribution in [0.15, 0.2) is 176 Å². The number of hydrogen-bond donors (Lipinski definition) is 0. The number of rotatable bonds is 5. The molecule has 0 radical (unpaired) electrons. The lowest BCUT2D eigenvalue weighted by molar-refractivity contribution is 1.10. The zero-order valence-corrected chi connectivity index (χ0v) is 25.1. The van der Waals surface area contributed by atoms with Crippen molar-refractivity contribution in [3.8, 4) is 45.0 Å². The van der Waals surface area contributed by atoms with Gasteiger partial charge in [-0.1, -0.05) is 127 Å². The first-order valence-electron chi connectivity index (χ1n) is 15.6. The second-order valence-corrected chi connectivity index (χ2v) is 11.7. The van der Waals surface area contributed by atoms with E-state index in [9.17, 15) is 0 Å². The molecule has 0 amide bonds. The van der Waals surface area contributed by atoms with Gasteiger partial charge in [-0.15, -0.1) is 0 Å². The van der Waals surface area contributed by atoms with Crippen molar-refractivity contribution in [3.05, 3.63) is 176 Å². The van der Waals surface area contributed by atoms with Gasteiger partial charge in [0.1, 0.15) is 5.82 Å². The van der Waals surface area contributed by atoms with Gasteiger partial charge in [-0.25, -0.2) is 4.98 Å². The van der Waals surface area contributed by atoms with E-state index >= 15 is 0 Å². The van der Waals surface area contributed by atoms with Crippen LogP contribution in [0.5, 0.6) is 0 Å². The van der Waals surface area contributed by atoms with E-state index in [1.54, 1.807) is 0 Å². The van der Waals surface area contributed by atoms with Gasteiger partial charge in [0.2, 0.25) is 0 Å². The predicted molar refractivity (Wildman–Crippen MR) is 192 cm³/mol. The maximum Gasteiger partial charge on any atom is 0.145 e. The third-order valence-corrected chi connectivity index (χ3v) is 8.98. The average molecular weight is 588 g/mol. The number of aromatic nitrogens is 3. The van der Waals surface area contributed by atoms with Crippen LogP contribution < -0.4 is 0 Å². The topological polar surface area (TPSA) is 22.8 Å². The fraction of sp³-hybridized carbons (Fsp3) is 0. The molecule has 7 aromatic carbocycles. The van der Waals surface area contributed by atoms with Crippen molar-refractivity contribution >= 4 is 32.8 Å². The van der Waals surface area contributed by atoms with Gasteiger partial charge < -0.3 is 4.57 Å². The predicted octanol–water partition coefficient (Wildman–Crippen LogP) is 11.1. The normalized spacial score (nSPS) is 11.5. The summed E-state index contributed by atoms with van der Waals surface area (Å²) in [6, 6.07) is 62.5. The smallest absolute Gasteiger partial charge is 0.145 e. The van der Waals surface area contributed by atoms with Gasteiger partial charge in [0.25, 0.3) is 0 Å². The lowest BCUT2D eigenvalue weighted by Gasteiger charge is -2.11. The van der Waals surface area contributed by atoms with E-state index in [4.69, 9.17) is 4.98 Å². The Morgan fingerprint density at radius 2 is 0.717 bits per heavy atom. The molecule has 0 unspecified atom stereocenters. The second kappa shape index (κ2) is 10.8. The molecule has 216 valence electrons. The third kappa shape index (κ3) is 4.33. The van der Waals surface area contributed by atoms with Crippen molar-refractivity contribution in [2.45, 2.75) is 0 Å². The highest BCUT2D eigenvalue weighted by molar-refractivity contribution is 6.09. The number of hydrogen-bond acceptors (Lipinski definition) is 1. The zero-order chi connectivity index (χ0) is 30.5. The minimum absolute atomic E-state index is 0.943. The van der Waals surface area contributed by atoms with Crippen LogP contribution in [0, 0.1) is 0 Å². The molecule has 0 N–H and O–H groups in total. The summed E-state index contributed by atoms with van der Waals surface area (Å²) >= 11 is 0. The monoisotopic (exact) mass is 587 g/mol. The SMILES string of the molecule is c1ccc(-n2c(-c3ccc(-c4ccc(-c5ccc(-n6c7ccccc7c7ccccc76)cc5)cc4)cc3)nc3ccccc32)cc1. The molecule has 46 heavy (non-hydrogen) atoms. The Bertz CT molecular complexity index is 2430. The molecule has 9 rings (SSSR count). The molecule has 2 heterocycles. The van der Waals surface area contributed by atoms with Crippen molar-refractivity contribution in [3.63, 3.8) is 0 Å². The number of fused-ring (bicyclic) bond motifs is 4. The number of para-hydroxylation sites is 5. The molecule has 0 saturated carbocycles. The third-order valence-electron chi connectivity index (χ3n) is 8.98. The molecule has 0 aliphatic heterocycles. The van der Waals surface area contributed by atoms with Gasteiger partial charge in [0.05, 0.1) is 22.1 Å². The summed E-state index contributed by atoms with van der Waals surface area (Å²) < 4.78 is 4.60. The van der Waals surface area contributed by atoms with Gasteiger partial charge in [-0.05, 0) is 70.8 Å². The van der Waals surface area contributed by atoms with Crippen LogP contribution in [-0.2, 0) is 0 Å². The number of benzene rings is 7. The van der Waals surface area contributed by atoms with Crippen molar-refractivity contribution < 1.29 is 0 Å². The summed E-state index contributed by atoms with van der Waals surface area (Å²) in [4.78, 5) is 5.02. The van der Waals surface area contributed by atoms with Crippen molar-refractivity contribution in [1.29, 1.82) is 0 Å². The van der Waals surface area contributed by atoms with Gasteiger partial charge in [-0.2, -0.15) is 0 Å². The van der Waals surface area contributed by atoms with Crippen LogP contribution in [0.1, 0.15) is 0 Å². The van der Waals surface area contributed by atoms with Crippen molar-refractivity contribution in [2.24, 2.45) is 0 Å². The fourth-order valence-corrected chi connectivity index (χ4v) is 6.73. The molecule has 0 aliphatic carbocycles. The maximum absolute atomic E-state index is 5.02. The number of imidazole rings is 1. The van der Waals surface area contributed by atoms with Crippen molar-refractivity contribution in [2.75, 3.05) is 0 Å². The Labute approximate surface area is 267 Å². The molecular formula is C43H29N3. The molecule has 0 atom stereocenters. The molecular weight excluding hydrogens is 558 g/mol. The number of nitrogens with zero attached hydrogens (tertiary/aromatic N) is 3. The highest BCUT2D eigenvalue weighted by Gasteiger charge is 2.15. The van der Waals surface area contributed by atoms with E-state index in [2.05, 4.69) is 173 Å². The van der Waals surface area contributed by atoms with E-state index in [0.717, 1.165) is 28.1 Å². The van der Waals surface area contributed by atoms with E-state index in [1.807, 2.05) is 12.1 Å². The molecule has 0 spiro atoms. The first-order valence-corrected chi connectivity index (χ1v) is 15.6. The Morgan fingerprint density at radius 1 is 0.304 bits per heavy atom. The lowest BCUT2D eigenvalue weighted by Crippen LogP contribution is -1.97. The average Bonchev–Trinajstić information content (AvgIpc) is 3.69. The molecule has 3 heteroatoms. The Hall–Kier alpha value is -6.19.